The van der Waals surface area contributed by atoms with E-state index in [1.807, 2.05) is 30.3 Å². The first-order valence-corrected chi connectivity index (χ1v) is 11.1. The van der Waals surface area contributed by atoms with Gasteiger partial charge >= 0.3 is 0 Å². The molecule has 0 aliphatic carbocycles. The fourth-order valence-electron chi connectivity index (χ4n) is 2.79. The predicted molar refractivity (Wildman–Crippen MR) is 107 cm³/mol. The van der Waals surface area contributed by atoms with Crippen LogP contribution in [0.2, 0.25) is 11.1 Å². The number of ether oxygens (including phenoxy) is 1. The van der Waals surface area contributed by atoms with E-state index in [0.29, 0.717) is 12.6 Å². The van der Waals surface area contributed by atoms with E-state index >= 15 is 0 Å². The van der Waals surface area contributed by atoms with Crippen molar-refractivity contribution in [2.24, 2.45) is 0 Å². The van der Waals surface area contributed by atoms with Gasteiger partial charge in [0.25, 0.3) is 0 Å². The molecule has 1 radical (unpaired) electrons. The van der Waals surface area contributed by atoms with Crippen molar-refractivity contribution in [2.75, 3.05) is 18.1 Å². The van der Waals surface area contributed by atoms with Crippen LogP contribution in [0.5, 0.6) is 5.75 Å². The van der Waals surface area contributed by atoms with Crippen molar-refractivity contribution in [1.82, 2.24) is 10.3 Å². The van der Waals surface area contributed by atoms with E-state index in [4.69, 9.17) is 16.3 Å². The van der Waals surface area contributed by atoms with Gasteiger partial charge in [-0.15, -0.1) is 0 Å². The highest BCUT2D eigenvalue weighted by Gasteiger charge is 2.28. The first kappa shape index (κ1) is 20.3. The van der Waals surface area contributed by atoms with Crippen LogP contribution in [0.4, 0.5) is 10.1 Å². The summed E-state index contributed by atoms with van der Waals surface area (Å²) >= 11 is 5.61. The number of para-hydroxylation sites is 1. The molecule has 1 fully saturated rings. The smallest absolute Gasteiger partial charge is 0.250 e. The highest BCUT2D eigenvalue weighted by molar-refractivity contribution is 6.59. The third-order valence-corrected chi connectivity index (χ3v) is 6.69. The Kier molecular flexibility index (Phi) is 7.02. The summed E-state index contributed by atoms with van der Waals surface area (Å²) in [6, 6.07) is 13.8. The normalized spacial score (nSPS) is 17.0. The monoisotopic (exact) mass is 420 g/mol. The van der Waals surface area contributed by atoms with Crippen LogP contribution in [0.15, 0.2) is 48.5 Å². The maximum atomic E-state index is 13.4. The van der Waals surface area contributed by atoms with Gasteiger partial charge in [0, 0.05) is 17.9 Å². The van der Waals surface area contributed by atoms with E-state index in [2.05, 4.69) is 15.6 Å². The van der Waals surface area contributed by atoms with Gasteiger partial charge in [0.2, 0.25) is 11.8 Å². The summed E-state index contributed by atoms with van der Waals surface area (Å²) < 4.78 is 18.7. The molecule has 0 bridgehead atoms. The van der Waals surface area contributed by atoms with E-state index in [1.54, 1.807) is 0 Å². The van der Waals surface area contributed by atoms with Gasteiger partial charge in [0.1, 0.15) is 11.6 Å². The molecule has 6 nitrogen and oxygen atoms in total. The standard InChI is InChI=1S/C19H20ClFN3O3Si/c20-15-7-6-14(10-16(15)21)27-11-18(25)24-28-9-8-17(22-12-28)19(26)23-13-4-2-1-3-5-13/h1-7,10,17,22H,8-9,11-12H2,(H,23,26)(H,24,25)/t17-/m1/s1. The number of rotatable bonds is 6. The molecule has 1 aliphatic rings. The highest BCUT2D eigenvalue weighted by atomic mass is 35.5. The zero-order valence-corrected chi connectivity index (χ0v) is 16.8. The zero-order chi connectivity index (χ0) is 19.9. The number of carbonyl (C=O) groups is 2. The fourth-order valence-corrected chi connectivity index (χ4v) is 4.89. The number of hydrogen-bond acceptors (Lipinski definition) is 4. The van der Waals surface area contributed by atoms with Crippen LogP contribution in [-0.4, -0.2) is 39.6 Å². The Hall–Kier alpha value is -2.42. The Morgan fingerprint density at radius 2 is 2.04 bits per heavy atom. The van der Waals surface area contributed by atoms with Crippen molar-refractivity contribution in [3.05, 3.63) is 59.4 Å². The quantitative estimate of drug-likeness (QED) is 0.627. The number of amides is 2. The van der Waals surface area contributed by atoms with Crippen LogP contribution >= 0.6 is 11.6 Å². The molecular formula is C19H20ClFN3O3Si. The van der Waals surface area contributed by atoms with Crippen LogP contribution in [0.25, 0.3) is 0 Å². The van der Waals surface area contributed by atoms with Gasteiger partial charge in [0.05, 0.1) is 11.1 Å². The van der Waals surface area contributed by atoms with Gasteiger partial charge in [0.15, 0.2) is 15.6 Å². The van der Waals surface area contributed by atoms with Crippen molar-refractivity contribution in [2.45, 2.75) is 18.5 Å². The first-order chi connectivity index (χ1) is 13.5. The van der Waals surface area contributed by atoms with Crippen LogP contribution in [0.1, 0.15) is 6.42 Å². The number of carbonyl (C=O) groups excluding carboxylic acids is 2. The predicted octanol–water partition coefficient (Wildman–Crippen LogP) is 2.51. The second-order valence-electron chi connectivity index (χ2n) is 6.34. The molecule has 3 rings (SSSR count). The molecular weight excluding hydrogens is 401 g/mol. The third kappa shape index (κ3) is 5.79. The highest BCUT2D eigenvalue weighted by Crippen LogP contribution is 2.20. The Bertz CT molecular complexity index is 832. The maximum absolute atomic E-state index is 13.4. The van der Waals surface area contributed by atoms with Gasteiger partial charge in [-0.2, -0.15) is 0 Å². The molecule has 0 spiro atoms. The van der Waals surface area contributed by atoms with E-state index in [1.165, 1.54) is 12.1 Å². The lowest BCUT2D eigenvalue weighted by Crippen LogP contribution is -2.56. The lowest BCUT2D eigenvalue weighted by molar-refractivity contribution is -0.121. The largest absolute Gasteiger partial charge is 0.484 e. The van der Waals surface area contributed by atoms with Gasteiger partial charge < -0.3 is 20.4 Å². The van der Waals surface area contributed by atoms with E-state index in [0.717, 1.165) is 17.8 Å². The summed E-state index contributed by atoms with van der Waals surface area (Å²) in [4.78, 5) is 27.3. The molecule has 0 unspecified atom stereocenters. The molecule has 1 aliphatic heterocycles. The summed E-state index contributed by atoms with van der Waals surface area (Å²) in [5, 5.41) is 6.07. The van der Waals surface area contributed by atoms with Crippen molar-refractivity contribution in [1.29, 1.82) is 0 Å². The van der Waals surface area contributed by atoms with E-state index < -0.39 is 14.8 Å². The first-order valence-electron chi connectivity index (χ1n) is 8.83. The minimum Gasteiger partial charge on any atom is -0.484 e. The van der Waals surface area contributed by atoms with Gasteiger partial charge in [-0.3, -0.25) is 9.59 Å². The Morgan fingerprint density at radius 1 is 1.25 bits per heavy atom. The molecule has 3 N–H and O–H groups in total. The topological polar surface area (TPSA) is 79.5 Å². The molecule has 2 aromatic rings. The third-order valence-electron chi connectivity index (χ3n) is 4.23. The second kappa shape index (κ2) is 9.68. The summed E-state index contributed by atoms with van der Waals surface area (Å²) in [5.74, 6) is -0.693. The fraction of sp³-hybridized carbons (Fsp3) is 0.263. The van der Waals surface area contributed by atoms with E-state index in [9.17, 15) is 14.0 Å². The maximum Gasteiger partial charge on any atom is 0.250 e. The van der Waals surface area contributed by atoms with Crippen molar-refractivity contribution in [3.8, 4) is 5.75 Å². The second-order valence-corrected chi connectivity index (χ2v) is 9.06. The number of nitrogens with one attached hydrogen (secondary N) is 3. The average molecular weight is 421 g/mol. The lowest BCUT2D eigenvalue weighted by atomic mass is 10.2. The van der Waals surface area contributed by atoms with Gasteiger partial charge in [-0.25, -0.2) is 4.39 Å². The average Bonchev–Trinajstić information content (AvgIpc) is 2.70. The molecule has 1 saturated heterocycles. The molecule has 1 atom stereocenters. The molecule has 147 valence electrons. The van der Waals surface area contributed by atoms with Gasteiger partial charge in [-0.05, 0) is 36.7 Å². The number of halogens is 2. The lowest BCUT2D eigenvalue weighted by Gasteiger charge is -2.28. The Morgan fingerprint density at radius 3 is 2.71 bits per heavy atom. The minimum atomic E-state index is -1.17. The Balaban J connectivity index is 1.39. The zero-order valence-electron chi connectivity index (χ0n) is 15.0. The molecule has 0 saturated carbocycles. The minimum absolute atomic E-state index is 0.00127. The van der Waals surface area contributed by atoms with Gasteiger partial charge in [-0.1, -0.05) is 29.8 Å². The van der Waals surface area contributed by atoms with Crippen molar-refractivity contribution >= 4 is 38.1 Å². The van der Waals surface area contributed by atoms with Crippen molar-refractivity contribution < 1.29 is 18.7 Å². The summed E-state index contributed by atoms with van der Waals surface area (Å²) in [6.45, 7) is -0.201. The van der Waals surface area contributed by atoms with Crippen molar-refractivity contribution in [3.63, 3.8) is 0 Å². The number of benzene rings is 2. The number of hydrogen-bond donors (Lipinski definition) is 3. The van der Waals surface area contributed by atoms with Crippen LogP contribution in [0, 0.1) is 5.82 Å². The van der Waals surface area contributed by atoms with Crippen LogP contribution in [0.3, 0.4) is 0 Å². The van der Waals surface area contributed by atoms with Crippen LogP contribution < -0.4 is 20.4 Å². The summed E-state index contributed by atoms with van der Waals surface area (Å²) in [6.07, 6.45) is 1.23. The Labute approximate surface area is 169 Å². The summed E-state index contributed by atoms with van der Waals surface area (Å²) in [5.41, 5.74) is 0.759. The SMILES string of the molecule is O=C(COc1ccc(Cl)c(F)c1)N[Si]1CC[C@H](C(=O)Nc2ccccc2)NC1. The summed E-state index contributed by atoms with van der Waals surface area (Å²) in [7, 11) is -1.17. The molecule has 28 heavy (non-hydrogen) atoms. The molecule has 1 heterocycles. The molecule has 2 aromatic carbocycles. The van der Waals surface area contributed by atoms with Crippen LogP contribution in [-0.2, 0) is 9.59 Å². The molecule has 2 amide bonds. The molecule has 0 aromatic heterocycles. The van der Waals surface area contributed by atoms with E-state index in [-0.39, 0.29) is 35.2 Å². The number of anilines is 1. The molecule has 9 heteroatoms.